The minimum atomic E-state index is -0.0537. The summed E-state index contributed by atoms with van der Waals surface area (Å²) in [5, 5.41) is 2.01. The highest BCUT2D eigenvalue weighted by Crippen LogP contribution is 2.28. The van der Waals surface area contributed by atoms with Crippen LogP contribution in [0.4, 0.5) is 0 Å². The van der Waals surface area contributed by atoms with E-state index >= 15 is 0 Å². The van der Waals surface area contributed by atoms with Gasteiger partial charge < -0.3 is 19.3 Å². The number of benzene rings is 1. The molecule has 1 aromatic carbocycles. The molecule has 0 fully saturated rings. The number of rotatable bonds is 18. The van der Waals surface area contributed by atoms with Crippen LogP contribution < -0.4 is 9.47 Å². The number of hydrogen-bond acceptors (Lipinski definition) is 5. The lowest BCUT2D eigenvalue weighted by Gasteiger charge is -2.27. The molecule has 2 amide bonds. The lowest BCUT2D eigenvalue weighted by Crippen LogP contribution is -2.43. The zero-order valence-corrected chi connectivity index (χ0v) is 23.0. The van der Waals surface area contributed by atoms with Crippen LogP contribution >= 0.6 is 11.3 Å². The predicted molar refractivity (Wildman–Crippen MR) is 148 cm³/mol. The second kappa shape index (κ2) is 16.8. The molecule has 7 heteroatoms. The van der Waals surface area contributed by atoms with Gasteiger partial charge in [-0.1, -0.05) is 57.2 Å². The van der Waals surface area contributed by atoms with Gasteiger partial charge in [0.15, 0.2) is 11.5 Å². The van der Waals surface area contributed by atoms with Gasteiger partial charge in [-0.25, -0.2) is 0 Å². The summed E-state index contributed by atoms with van der Waals surface area (Å²) >= 11 is 1.63. The molecule has 2 aromatic rings. The number of methoxy groups -OCH3 is 2. The smallest absolute Gasteiger partial charge is 0.242 e. The van der Waals surface area contributed by atoms with Crippen molar-refractivity contribution in [1.82, 2.24) is 9.80 Å². The number of carbonyl (C=O) groups excluding carboxylic acids is 2. The van der Waals surface area contributed by atoms with Gasteiger partial charge in [0.05, 0.1) is 20.8 Å². The maximum atomic E-state index is 13.4. The van der Waals surface area contributed by atoms with Crippen LogP contribution in [0.5, 0.6) is 11.5 Å². The standard InChI is InChI=1S/C29H42N2O4S/c1-5-7-8-9-10-11-14-28(32)30(18-6-2)23-29(33)31(22-25-13-12-20-36-25)19-17-24-15-16-26(34-3)27(21-24)35-4/h6,12-13,15-16,20-21H,2,5,7-11,14,17-19,22-23H2,1,3-4H3. The first-order valence-electron chi connectivity index (χ1n) is 12.9. The Kier molecular flexibility index (Phi) is 13.7. The molecule has 0 radical (unpaired) electrons. The Bertz CT molecular complexity index is 929. The molecule has 2 rings (SSSR count). The summed E-state index contributed by atoms with van der Waals surface area (Å²) in [6, 6.07) is 9.84. The molecule has 0 N–H and O–H groups in total. The molecule has 6 nitrogen and oxygen atoms in total. The van der Waals surface area contributed by atoms with Crippen LogP contribution in [0.25, 0.3) is 0 Å². The lowest BCUT2D eigenvalue weighted by atomic mass is 10.1. The van der Waals surface area contributed by atoms with Crippen LogP contribution in [-0.2, 0) is 22.6 Å². The highest BCUT2D eigenvalue weighted by atomic mass is 32.1. The highest BCUT2D eigenvalue weighted by Gasteiger charge is 2.21. The number of hydrogen-bond donors (Lipinski definition) is 0. The van der Waals surface area contributed by atoms with Gasteiger partial charge in [-0.2, -0.15) is 0 Å². The topological polar surface area (TPSA) is 59.1 Å². The number of amides is 2. The van der Waals surface area contributed by atoms with Gasteiger partial charge in [-0.15, -0.1) is 17.9 Å². The van der Waals surface area contributed by atoms with E-state index in [1.807, 2.05) is 40.6 Å². The molecular formula is C29H42N2O4S. The summed E-state index contributed by atoms with van der Waals surface area (Å²) in [6.07, 6.45) is 9.59. The largest absolute Gasteiger partial charge is 0.493 e. The van der Waals surface area contributed by atoms with E-state index in [-0.39, 0.29) is 18.4 Å². The Labute approximate surface area is 220 Å². The van der Waals surface area contributed by atoms with Crippen molar-refractivity contribution in [2.45, 2.75) is 64.8 Å². The molecular weight excluding hydrogens is 472 g/mol. The fraction of sp³-hybridized carbons (Fsp3) is 0.517. The third kappa shape index (κ3) is 10.1. The number of ether oxygens (including phenoxy) is 2. The fourth-order valence-corrected chi connectivity index (χ4v) is 4.79. The third-order valence-corrected chi connectivity index (χ3v) is 7.03. The monoisotopic (exact) mass is 514 g/mol. The molecule has 0 saturated carbocycles. The van der Waals surface area contributed by atoms with Crippen LogP contribution in [0, 0.1) is 0 Å². The van der Waals surface area contributed by atoms with Crippen LogP contribution in [-0.4, -0.2) is 55.5 Å². The molecule has 1 heterocycles. The first-order valence-corrected chi connectivity index (χ1v) is 13.8. The van der Waals surface area contributed by atoms with Crippen molar-refractivity contribution in [3.63, 3.8) is 0 Å². The maximum Gasteiger partial charge on any atom is 0.242 e. The van der Waals surface area contributed by atoms with E-state index in [4.69, 9.17) is 9.47 Å². The van der Waals surface area contributed by atoms with Gasteiger partial charge in [-0.05, 0) is 42.0 Å². The molecule has 0 atom stereocenters. The molecule has 0 unspecified atom stereocenters. The van der Waals surface area contributed by atoms with Crippen LogP contribution in [0.1, 0.15) is 62.3 Å². The normalized spacial score (nSPS) is 10.6. The number of carbonyl (C=O) groups is 2. The van der Waals surface area contributed by atoms with Crippen LogP contribution in [0.15, 0.2) is 48.4 Å². The molecule has 0 spiro atoms. The van der Waals surface area contributed by atoms with E-state index in [1.54, 1.807) is 36.5 Å². The second-order valence-corrected chi connectivity index (χ2v) is 9.95. The predicted octanol–water partition coefficient (Wildman–Crippen LogP) is 6.10. The average molecular weight is 515 g/mol. The van der Waals surface area contributed by atoms with E-state index in [9.17, 15) is 9.59 Å². The zero-order valence-electron chi connectivity index (χ0n) is 22.2. The van der Waals surface area contributed by atoms with E-state index in [0.29, 0.717) is 44.0 Å². The molecule has 198 valence electrons. The molecule has 0 aliphatic heterocycles. The van der Waals surface area contributed by atoms with Gasteiger partial charge in [0.2, 0.25) is 11.8 Å². The quantitative estimate of drug-likeness (QED) is 0.178. The molecule has 0 bridgehead atoms. The minimum absolute atomic E-state index is 0.0229. The first-order chi connectivity index (χ1) is 17.5. The Morgan fingerprint density at radius 2 is 1.72 bits per heavy atom. The van der Waals surface area contributed by atoms with Crippen molar-refractivity contribution >= 4 is 23.2 Å². The summed E-state index contributed by atoms with van der Waals surface area (Å²) in [4.78, 5) is 30.9. The Balaban J connectivity index is 2.02. The van der Waals surface area contributed by atoms with Gasteiger partial charge >= 0.3 is 0 Å². The molecule has 0 aliphatic rings. The van der Waals surface area contributed by atoms with E-state index in [1.165, 1.54) is 19.3 Å². The second-order valence-electron chi connectivity index (χ2n) is 8.91. The maximum absolute atomic E-state index is 13.4. The molecule has 36 heavy (non-hydrogen) atoms. The van der Waals surface area contributed by atoms with Gasteiger partial charge in [0, 0.05) is 24.4 Å². The van der Waals surface area contributed by atoms with Crippen LogP contribution in [0.3, 0.4) is 0 Å². The van der Waals surface area contributed by atoms with E-state index in [0.717, 1.165) is 29.7 Å². The van der Waals surface area contributed by atoms with Crippen molar-refractivity contribution in [2.75, 3.05) is 33.9 Å². The summed E-state index contributed by atoms with van der Waals surface area (Å²) in [5.74, 6) is 1.32. The SMILES string of the molecule is C=CCN(CC(=O)N(CCc1ccc(OC)c(OC)c1)Cc1cccs1)C(=O)CCCCCCCC. The summed E-state index contributed by atoms with van der Waals surface area (Å²) in [6.45, 7) is 7.50. The molecule has 1 aromatic heterocycles. The van der Waals surface area contributed by atoms with Crippen LogP contribution in [0.2, 0.25) is 0 Å². The lowest BCUT2D eigenvalue weighted by molar-refractivity contribution is -0.140. The molecule has 0 saturated heterocycles. The molecule has 0 aliphatic carbocycles. The first kappa shape index (κ1) is 29.4. The van der Waals surface area contributed by atoms with Crippen molar-refractivity contribution in [1.29, 1.82) is 0 Å². The summed E-state index contributed by atoms with van der Waals surface area (Å²) in [5.41, 5.74) is 1.05. The third-order valence-electron chi connectivity index (χ3n) is 6.17. The van der Waals surface area contributed by atoms with Crippen molar-refractivity contribution < 1.29 is 19.1 Å². The minimum Gasteiger partial charge on any atom is -0.493 e. The van der Waals surface area contributed by atoms with Crippen molar-refractivity contribution in [3.05, 3.63) is 58.8 Å². The summed E-state index contributed by atoms with van der Waals surface area (Å²) in [7, 11) is 3.23. The zero-order chi connectivity index (χ0) is 26.2. The number of thiophene rings is 1. The Hall–Kier alpha value is -2.80. The number of nitrogens with zero attached hydrogens (tertiary/aromatic N) is 2. The van der Waals surface area contributed by atoms with Gasteiger partial charge in [-0.3, -0.25) is 9.59 Å². The average Bonchev–Trinajstić information content (AvgIpc) is 3.41. The Morgan fingerprint density at radius 3 is 2.39 bits per heavy atom. The Morgan fingerprint density at radius 1 is 0.972 bits per heavy atom. The van der Waals surface area contributed by atoms with Gasteiger partial charge in [0.25, 0.3) is 0 Å². The fourth-order valence-electron chi connectivity index (χ4n) is 4.07. The summed E-state index contributed by atoms with van der Waals surface area (Å²) < 4.78 is 10.8. The highest BCUT2D eigenvalue weighted by molar-refractivity contribution is 7.09. The van der Waals surface area contributed by atoms with Crippen molar-refractivity contribution in [2.24, 2.45) is 0 Å². The number of unbranched alkanes of at least 4 members (excludes halogenated alkanes) is 5. The van der Waals surface area contributed by atoms with E-state index < -0.39 is 0 Å². The van der Waals surface area contributed by atoms with Crippen molar-refractivity contribution in [3.8, 4) is 11.5 Å². The van der Waals surface area contributed by atoms with E-state index in [2.05, 4.69) is 13.5 Å². The van der Waals surface area contributed by atoms with Gasteiger partial charge in [0.1, 0.15) is 6.54 Å².